The summed E-state index contributed by atoms with van der Waals surface area (Å²) in [7, 11) is 3.20. The summed E-state index contributed by atoms with van der Waals surface area (Å²) in [5.41, 5.74) is 2.18. The number of ether oxygens (including phenoxy) is 3. The van der Waals surface area contributed by atoms with Gasteiger partial charge in [-0.05, 0) is 41.8 Å². The lowest BCUT2D eigenvalue weighted by Gasteiger charge is -2.29. The first-order chi connectivity index (χ1) is 14.1. The maximum atomic E-state index is 12.5. The Labute approximate surface area is 170 Å². The van der Waals surface area contributed by atoms with E-state index in [1.54, 1.807) is 19.1 Å². The lowest BCUT2D eigenvalue weighted by atomic mass is 9.98. The smallest absolute Gasteiger partial charge is 0.242 e. The minimum Gasteiger partial charge on any atom is -0.493 e. The van der Waals surface area contributed by atoms with E-state index in [1.165, 1.54) is 0 Å². The third-order valence-corrected chi connectivity index (χ3v) is 4.85. The maximum absolute atomic E-state index is 12.5. The Morgan fingerprint density at radius 2 is 1.72 bits per heavy atom. The number of hydrogen-bond acceptors (Lipinski definition) is 5. The van der Waals surface area contributed by atoms with E-state index in [1.807, 2.05) is 42.5 Å². The highest BCUT2D eigenvalue weighted by Gasteiger charge is 2.23. The van der Waals surface area contributed by atoms with Gasteiger partial charge in [0, 0.05) is 13.1 Å². The highest BCUT2D eigenvalue weighted by molar-refractivity contribution is 5.85. The van der Waals surface area contributed by atoms with Crippen LogP contribution in [0.4, 0.5) is 0 Å². The normalized spacial score (nSPS) is 12.7. The predicted molar refractivity (Wildman–Crippen MR) is 108 cm³/mol. The van der Waals surface area contributed by atoms with E-state index in [0.29, 0.717) is 24.6 Å². The van der Waals surface area contributed by atoms with Crippen LogP contribution in [-0.2, 0) is 22.6 Å². The van der Waals surface area contributed by atoms with E-state index in [2.05, 4.69) is 5.32 Å². The van der Waals surface area contributed by atoms with Crippen LogP contribution in [0.1, 0.15) is 17.5 Å². The molecular weight excluding hydrogens is 372 g/mol. The second-order valence-electron chi connectivity index (χ2n) is 6.73. The molecule has 0 spiro atoms. The number of fused-ring (bicyclic) bond motifs is 1. The Balaban J connectivity index is 1.46. The van der Waals surface area contributed by atoms with Gasteiger partial charge in [0.05, 0.1) is 33.8 Å². The van der Waals surface area contributed by atoms with Crippen LogP contribution in [0.15, 0.2) is 42.5 Å². The summed E-state index contributed by atoms with van der Waals surface area (Å²) in [4.78, 5) is 26.2. The Hall–Kier alpha value is -3.22. The molecule has 0 unspecified atom stereocenters. The fourth-order valence-corrected chi connectivity index (χ4v) is 3.25. The second-order valence-corrected chi connectivity index (χ2v) is 6.73. The van der Waals surface area contributed by atoms with Crippen molar-refractivity contribution in [2.45, 2.75) is 19.4 Å². The molecule has 2 aromatic carbocycles. The van der Waals surface area contributed by atoms with Crippen LogP contribution in [0.5, 0.6) is 17.2 Å². The third kappa shape index (κ3) is 5.40. The highest BCUT2D eigenvalue weighted by atomic mass is 16.5. The van der Waals surface area contributed by atoms with E-state index in [4.69, 9.17) is 14.2 Å². The van der Waals surface area contributed by atoms with Crippen molar-refractivity contribution < 1.29 is 23.8 Å². The molecule has 1 aliphatic heterocycles. The number of carbonyl (C=O) groups is 2. The largest absolute Gasteiger partial charge is 0.493 e. The summed E-state index contributed by atoms with van der Waals surface area (Å²) < 4.78 is 16.2. The molecule has 0 atom stereocenters. The molecule has 0 radical (unpaired) electrons. The summed E-state index contributed by atoms with van der Waals surface area (Å²) in [5.74, 6) is 1.74. The maximum Gasteiger partial charge on any atom is 0.242 e. The zero-order valence-corrected chi connectivity index (χ0v) is 16.8. The van der Waals surface area contributed by atoms with Gasteiger partial charge in [0.2, 0.25) is 11.8 Å². The van der Waals surface area contributed by atoms with E-state index in [9.17, 15) is 9.59 Å². The molecule has 7 nitrogen and oxygen atoms in total. The highest BCUT2D eigenvalue weighted by Crippen LogP contribution is 2.33. The molecule has 1 heterocycles. The van der Waals surface area contributed by atoms with Gasteiger partial charge in [-0.2, -0.15) is 0 Å². The van der Waals surface area contributed by atoms with E-state index in [0.717, 1.165) is 23.3 Å². The van der Waals surface area contributed by atoms with Crippen molar-refractivity contribution in [3.05, 3.63) is 53.6 Å². The molecule has 1 N–H and O–H groups in total. The summed E-state index contributed by atoms with van der Waals surface area (Å²) in [6, 6.07) is 13.2. The Morgan fingerprint density at radius 1 is 1.03 bits per heavy atom. The van der Waals surface area contributed by atoms with Crippen LogP contribution >= 0.6 is 0 Å². The number of nitrogens with zero attached hydrogens (tertiary/aromatic N) is 1. The summed E-state index contributed by atoms with van der Waals surface area (Å²) in [5, 5.41) is 2.68. The van der Waals surface area contributed by atoms with Gasteiger partial charge in [-0.25, -0.2) is 0 Å². The quantitative estimate of drug-likeness (QED) is 0.738. The lowest BCUT2D eigenvalue weighted by molar-refractivity contribution is -0.133. The fraction of sp³-hybridized carbons (Fsp3) is 0.364. The molecule has 7 heteroatoms. The first-order valence-corrected chi connectivity index (χ1v) is 9.57. The Bertz CT molecular complexity index is 854. The average molecular weight is 398 g/mol. The number of rotatable bonds is 8. The predicted octanol–water partition coefficient (Wildman–Crippen LogP) is 2.17. The van der Waals surface area contributed by atoms with Gasteiger partial charge in [0.15, 0.2) is 11.5 Å². The van der Waals surface area contributed by atoms with Crippen molar-refractivity contribution in [1.29, 1.82) is 0 Å². The summed E-state index contributed by atoms with van der Waals surface area (Å²) in [6.07, 6.45) is 0.933. The van der Waals surface area contributed by atoms with Gasteiger partial charge in [0.1, 0.15) is 5.75 Å². The van der Waals surface area contributed by atoms with Crippen molar-refractivity contribution in [2.75, 3.05) is 33.9 Å². The van der Waals surface area contributed by atoms with Gasteiger partial charge in [0.25, 0.3) is 0 Å². The molecule has 0 aromatic heterocycles. The summed E-state index contributed by atoms with van der Waals surface area (Å²) in [6.45, 7) is 1.34. The molecule has 29 heavy (non-hydrogen) atoms. The topological polar surface area (TPSA) is 77.1 Å². The lowest BCUT2D eigenvalue weighted by Crippen LogP contribution is -2.42. The molecule has 3 rings (SSSR count). The summed E-state index contributed by atoms with van der Waals surface area (Å²) >= 11 is 0. The molecule has 2 amide bonds. The number of carbonyl (C=O) groups excluding carboxylic acids is 2. The van der Waals surface area contributed by atoms with Crippen LogP contribution in [0, 0.1) is 0 Å². The Kier molecular flexibility index (Phi) is 6.94. The number of para-hydroxylation sites is 1. The molecule has 0 saturated carbocycles. The number of nitrogens with one attached hydrogen (secondary N) is 1. The third-order valence-electron chi connectivity index (χ3n) is 4.85. The van der Waals surface area contributed by atoms with Crippen molar-refractivity contribution in [3.8, 4) is 17.2 Å². The number of amides is 2. The fourth-order valence-electron chi connectivity index (χ4n) is 3.25. The van der Waals surface area contributed by atoms with Gasteiger partial charge in [-0.3, -0.25) is 9.59 Å². The van der Waals surface area contributed by atoms with Crippen LogP contribution in [0.2, 0.25) is 0 Å². The number of benzene rings is 2. The van der Waals surface area contributed by atoms with E-state index >= 15 is 0 Å². The molecule has 154 valence electrons. The average Bonchev–Trinajstić information content (AvgIpc) is 2.76. The van der Waals surface area contributed by atoms with E-state index in [-0.39, 0.29) is 31.4 Å². The molecular formula is C22H26N2O5. The SMILES string of the molecule is COc1cc2c(cc1OC)CN(C(=O)CNC(=O)CCOc1ccccc1)CC2. The van der Waals surface area contributed by atoms with Crippen LogP contribution < -0.4 is 19.5 Å². The minimum absolute atomic E-state index is 0.0210. The minimum atomic E-state index is -0.210. The van der Waals surface area contributed by atoms with E-state index < -0.39 is 0 Å². The molecule has 2 aromatic rings. The monoisotopic (exact) mass is 398 g/mol. The van der Waals surface area contributed by atoms with Crippen LogP contribution in [-0.4, -0.2) is 50.6 Å². The van der Waals surface area contributed by atoms with Gasteiger partial charge in [-0.15, -0.1) is 0 Å². The number of hydrogen-bond donors (Lipinski definition) is 1. The zero-order chi connectivity index (χ0) is 20.6. The molecule has 0 saturated heterocycles. The van der Waals surface area contributed by atoms with Crippen molar-refractivity contribution in [2.24, 2.45) is 0 Å². The molecule has 0 fully saturated rings. The standard InChI is InChI=1S/C22H26N2O5/c1-27-19-12-16-8-10-24(15-17(16)13-20(19)28-2)22(26)14-23-21(25)9-11-29-18-6-4-3-5-7-18/h3-7,12-13H,8-11,14-15H2,1-2H3,(H,23,25). The van der Waals surface area contributed by atoms with Crippen molar-refractivity contribution in [3.63, 3.8) is 0 Å². The zero-order valence-electron chi connectivity index (χ0n) is 16.8. The van der Waals surface area contributed by atoms with Gasteiger partial charge >= 0.3 is 0 Å². The van der Waals surface area contributed by atoms with Gasteiger partial charge in [-0.1, -0.05) is 18.2 Å². The molecule has 1 aliphatic rings. The van der Waals surface area contributed by atoms with Crippen molar-refractivity contribution in [1.82, 2.24) is 10.2 Å². The number of methoxy groups -OCH3 is 2. The van der Waals surface area contributed by atoms with Crippen LogP contribution in [0.25, 0.3) is 0 Å². The van der Waals surface area contributed by atoms with Crippen LogP contribution in [0.3, 0.4) is 0 Å². The second kappa shape index (κ2) is 9.82. The first-order valence-electron chi connectivity index (χ1n) is 9.57. The molecule has 0 bridgehead atoms. The Morgan fingerprint density at radius 3 is 2.41 bits per heavy atom. The van der Waals surface area contributed by atoms with Gasteiger partial charge < -0.3 is 24.4 Å². The molecule has 0 aliphatic carbocycles. The first kappa shape index (κ1) is 20.5. The van der Waals surface area contributed by atoms with Crippen molar-refractivity contribution >= 4 is 11.8 Å².